The molecule has 1 aromatic heterocycles. The van der Waals surface area contributed by atoms with Crippen LogP contribution in [0.1, 0.15) is 12.7 Å². The molecule has 4 nitrogen and oxygen atoms in total. The maximum Gasteiger partial charge on any atom is 0.292 e. The van der Waals surface area contributed by atoms with Crippen LogP contribution in [0.15, 0.2) is 10.6 Å². The summed E-state index contributed by atoms with van der Waals surface area (Å²) in [7, 11) is 0. The Balaban J connectivity index is 2.28. The maximum atomic E-state index is 5.34. The number of nitrogen functional groups attached to an aromatic ring is 1. The molecule has 0 amide bonds. The van der Waals surface area contributed by atoms with Gasteiger partial charge in [0.1, 0.15) is 5.76 Å². The molecule has 2 rings (SSSR count). The van der Waals surface area contributed by atoms with E-state index in [1.165, 1.54) is 0 Å². The number of anilines is 1. The highest BCUT2D eigenvalue weighted by Gasteiger charge is 2.38. The standard InChI is InChI=1S/C7H10N2O2/c1-7(3-10-4-7)5-2-9-6(8)11-5/h2H,3-4H2,1H3,(H2,8,9). The highest BCUT2D eigenvalue weighted by molar-refractivity contribution is 5.19. The van der Waals surface area contributed by atoms with Crippen LogP contribution in [0.25, 0.3) is 0 Å². The quantitative estimate of drug-likeness (QED) is 0.641. The lowest BCUT2D eigenvalue weighted by Gasteiger charge is -2.35. The fourth-order valence-electron chi connectivity index (χ4n) is 1.12. The Kier molecular flexibility index (Phi) is 1.20. The van der Waals surface area contributed by atoms with Crippen LogP contribution in [0.3, 0.4) is 0 Å². The summed E-state index contributed by atoms with van der Waals surface area (Å²) in [6.07, 6.45) is 1.66. The summed E-state index contributed by atoms with van der Waals surface area (Å²) in [4.78, 5) is 3.82. The van der Waals surface area contributed by atoms with Crippen molar-refractivity contribution in [2.24, 2.45) is 0 Å². The van der Waals surface area contributed by atoms with Gasteiger partial charge in [0.2, 0.25) is 0 Å². The minimum Gasteiger partial charge on any atom is -0.428 e. The van der Waals surface area contributed by atoms with Crippen molar-refractivity contribution in [1.29, 1.82) is 0 Å². The monoisotopic (exact) mass is 154 g/mol. The summed E-state index contributed by atoms with van der Waals surface area (Å²) < 4.78 is 10.3. The van der Waals surface area contributed by atoms with Crippen molar-refractivity contribution in [2.45, 2.75) is 12.3 Å². The number of aromatic nitrogens is 1. The van der Waals surface area contributed by atoms with Crippen LogP contribution in [-0.2, 0) is 10.2 Å². The minimum absolute atomic E-state index is 0.00458. The van der Waals surface area contributed by atoms with Crippen LogP contribution in [0.4, 0.5) is 6.01 Å². The molecular formula is C7H10N2O2. The van der Waals surface area contributed by atoms with Crippen LogP contribution < -0.4 is 5.73 Å². The Morgan fingerprint density at radius 2 is 2.36 bits per heavy atom. The number of ether oxygens (including phenoxy) is 1. The normalized spacial score (nSPS) is 21.2. The molecule has 1 aromatic rings. The summed E-state index contributed by atoms with van der Waals surface area (Å²) in [5, 5.41) is 0. The molecule has 60 valence electrons. The molecule has 0 saturated carbocycles. The lowest BCUT2D eigenvalue weighted by atomic mass is 9.86. The first-order valence-corrected chi connectivity index (χ1v) is 3.50. The van der Waals surface area contributed by atoms with E-state index in [9.17, 15) is 0 Å². The van der Waals surface area contributed by atoms with E-state index in [2.05, 4.69) is 11.9 Å². The van der Waals surface area contributed by atoms with Crippen LogP contribution in [0.2, 0.25) is 0 Å². The summed E-state index contributed by atoms with van der Waals surface area (Å²) in [6, 6.07) is 0.230. The molecule has 0 bridgehead atoms. The van der Waals surface area contributed by atoms with Gasteiger partial charge in [-0.3, -0.25) is 0 Å². The van der Waals surface area contributed by atoms with E-state index in [1.807, 2.05) is 0 Å². The number of nitrogens with zero attached hydrogens (tertiary/aromatic N) is 1. The molecule has 0 unspecified atom stereocenters. The van der Waals surface area contributed by atoms with Gasteiger partial charge in [0.25, 0.3) is 6.01 Å². The molecule has 1 aliphatic rings. The number of nitrogens with two attached hydrogens (primary N) is 1. The first kappa shape index (κ1) is 6.67. The van der Waals surface area contributed by atoms with Crippen LogP contribution in [-0.4, -0.2) is 18.2 Å². The zero-order chi connectivity index (χ0) is 7.90. The average Bonchev–Trinajstić information content (AvgIpc) is 2.31. The van der Waals surface area contributed by atoms with Crippen LogP contribution >= 0.6 is 0 Å². The van der Waals surface area contributed by atoms with Gasteiger partial charge in [-0.05, 0) is 6.92 Å². The molecule has 0 atom stereocenters. The molecule has 2 N–H and O–H groups in total. The predicted molar refractivity (Wildman–Crippen MR) is 39.1 cm³/mol. The van der Waals surface area contributed by atoms with E-state index < -0.39 is 0 Å². The lowest BCUT2D eigenvalue weighted by Crippen LogP contribution is -2.43. The molecular weight excluding hydrogens is 144 g/mol. The fourth-order valence-corrected chi connectivity index (χ4v) is 1.12. The zero-order valence-electron chi connectivity index (χ0n) is 6.33. The molecule has 4 heteroatoms. The van der Waals surface area contributed by atoms with Gasteiger partial charge in [0.05, 0.1) is 24.8 Å². The number of hydrogen-bond acceptors (Lipinski definition) is 4. The first-order chi connectivity index (χ1) is 5.21. The fraction of sp³-hybridized carbons (Fsp3) is 0.571. The van der Waals surface area contributed by atoms with Gasteiger partial charge in [-0.15, -0.1) is 0 Å². The lowest BCUT2D eigenvalue weighted by molar-refractivity contribution is -0.0595. The maximum absolute atomic E-state index is 5.34. The largest absolute Gasteiger partial charge is 0.428 e. The average molecular weight is 154 g/mol. The number of oxazole rings is 1. The highest BCUT2D eigenvalue weighted by Crippen LogP contribution is 2.32. The van der Waals surface area contributed by atoms with Crippen LogP contribution in [0.5, 0.6) is 0 Å². The summed E-state index contributed by atoms with van der Waals surface area (Å²) >= 11 is 0. The van der Waals surface area contributed by atoms with Crippen molar-refractivity contribution < 1.29 is 9.15 Å². The van der Waals surface area contributed by atoms with Gasteiger partial charge in [-0.25, -0.2) is 4.98 Å². The van der Waals surface area contributed by atoms with E-state index in [1.54, 1.807) is 6.20 Å². The zero-order valence-corrected chi connectivity index (χ0v) is 6.33. The smallest absolute Gasteiger partial charge is 0.292 e. The second-order valence-electron chi connectivity index (χ2n) is 3.12. The van der Waals surface area contributed by atoms with Gasteiger partial charge in [-0.1, -0.05) is 0 Å². The SMILES string of the molecule is CC1(c2cnc(N)o2)COC1. The number of hydrogen-bond donors (Lipinski definition) is 1. The minimum atomic E-state index is 0.00458. The molecule has 0 aromatic carbocycles. The van der Waals surface area contributed by atoms with Crippen molar-refractivity contribution in [3.05, 3.63) is 12.0 Å². The summed E-state index contributed by atoms with van der Waals surface area (Å²) in [5.74, 6) is 0.821. The van der Waals surface area contributed by atoms with Crippen molar-refractivity contribution >= 4 is 6.01 Å². The van der Waals surface area contributed by atoms with Gasteiger partial charge < -0.3 is 14.9 Å². The predicted octanol–water partition coefficient (Wildman–Crippen LogP) is 0.545. The van der Waals surface area contributed by atoms with Crippen molar-refractivity contribution in [3.8, 4) is 0 Å². The van der Waals surface area contributed by atoms with E-state index in [0.717, 1.165) is 5.76 Å². The van der Waals surface area contributed by atoms with Crippen LogP contribution in [0, 0.1) is 0 Å². The Hall–Kier alpha value is -1.03. The topological polar surface area (TPSA) is 61.3 Å². The Morgan fingerprint density at radius 1 is 1.64 bits per heavy atom. The molecule has 0 radical (unpaired) electrons. The summed E-state index contributed by atoms with van der Waals surface area (Å²) in [6.45, 7) is 3.46. The third-order valence-electron chi connectivity index (χ3n) is 1.96. The van der Waals surface area contributed by atoms with Gasteiger partial charge in [-0.2, -0.15) is 0 Å². The Morgan fingerprint density at radius 3 is 2.73 bits per heavy atom. The second-order valence-corrected chi connectivity index (χ2v) is 3.12. The summed E-state index contributed by atoms with van der Waals surface area (Å²) in [5.41, 5.74) is 5.34. The van der Waals surface area contributed by atoms with E-state index >= 15 is 0 Å². The highest BCUT2D eigenvalue weighted by atomic mass is 16.5. The first-order valence-electron chi connectivity index (χ1n) is 3.50. The molecule has 0 spiro atoms. The van der Waals surface area contributed by atoms with E-state index in [-0.39, 0.29) is 11.4 Å². The van der Waals surface area contributed by atoms with Crippen molar-refractivity contribution in [2.75, 3.05) is 18.9 Å². The molecule has 11 heavy (non-hydrogen) atoms. The molecule has 1 fully saturated rings. The van der Waals surface area contributed by atoms with Gasteiger partial charge in [0.15, 0.2) is 0 Å². The molecule has 1 saturated heterocycles. The van der Waals surface area contributed by atoms with Crippen molar-refractivity contribution in [1.82, 2.24) is 4.98 Å². The van der Waals surface area contributed by atoms with Gasteiger partial charge in [0, 0.05) is 0 Å². The molecule has 1 aliphatic heterocycles. The Labute approximate surface area is 64.4 Å². The van der Waals surface area contributed by atoms with E-state index in [0.29, 0.717) is 13.2 Å². The molecule has 0 aliphatic carbocycles. The van der Waals surface area contributed by atoms with Gasteiger partial charge >= 0.3 is 0 Å². The van der Waals surface area contributed by atoms with E-state index in [4.69, 9.17) is 14.9 Å². The molecule has 2 heterocycles. The Bertz CT molecular complexity index is 265. The third kappa shape index (κ3) is 0.903. The number of rotatable bonds is 1. The third-order valence-corrected chi connectivity index (χ3v) is 1.96. The second kappa shape index (κ2) is 1.98. The van der Waals surface area contributed by atoms with Crippen molar-refractivity contribution in [3.63, 3.8) is 0 Å².